The van der Waals surface area contributed by atoms with Crippen molar-refractivity contribution in [2.24, 2.45) is 0 Å². The third kappa shape index (κ3) is 4.43. The van der Waals surface area contributed by atoms with Gasteiger partial charge in [-0.3, -0.25) is 4.79 Å². The van der Waals surface area contributed by atoms with Gasteiger partial charge in [-0.2, -0.15) is 0 Å². The van der Waals surface area contributed by atoms with E-state index in [0.717, 1.165) is 15.5 Å². The number of rotatable bonds is 6. The third-order valence-corrected chi connectivity index (χ3v) is 5.14. The standard InChI is InChI=1S/C18H16N2OS2/c21-16(13-23-17-10-4-5-11-19-17)20-18(15-9-6-12-22-15)14-7-2-1-3-8-14/h1-12,18H,13H2,(H,20,21). The maximum absolute atomic E-state index is 12.3. The number of aromatic nitrogens is 1. The molecule has 0 bridgehead atoms. The first kappa shape index (κ1) is 15.8. The number of thiophene rings is 1. The van der Waals surface area contributed by atoms with E-state index in [4.69, 9.17) is 0 Å². The molecule has 116 valence electrons. The van der Waals surface area contributed by atoms with Crippen molar-refractivity contribution in [1.29, 1.82) is 0 Å². The molecule has 5 heteroatoms. The smallest absolute Gasteiger partial charge is 0.231 e. The topological polar surface area (TPSA) is 42.0 Å². The van der Waals surface area contributed by atoms with Crippen LogP contribution in [0.5, 0.6) is 0 Å². The molecule has 2 heterocycles. The molecule has 1 aromatic carbocycles. The summed E-state index contributed by atoms with van der Waals surface area (Å²) in [6, 6.07) is 19.7. The molecule has 3 aromatic rings. The molecule has 1 N–H and O–H groups in total. The number of carbonyl (C=O) groups excluding carboxylic acids is 1. The highest BCUT2D eigenvalue weighted by atomic mass is 32.2. The van der Waals surface area contributed by atoms with Crippen LogP contribution in [0.15, 0.2) is 77.3 Å². The van der Waals surface area contributed by atoms with E-state index in [1.54, 1.807) is 17.5 Å². The van der Waals surface area contributed by atoms with Crippen LogP contribution in [0, 0.1) is 0 Å². The SMILES string of the molecule is O=C(CSc1ccccn1)NC(c1ccccc1)c1cccs1. The minimum absolute atomic E-state index is 0.00269. The van der Waals surface area contributed by atoms with Gasteiger partial charge in [0, 0.05) is 11.1 Å². The Morgan fingerprint density at radius 1 is 1.09 bits per heavy atom. The van der Waals surface area contributed by atoms with Crippen molar-refractivity contribution in [3.05, 3.63) is 82.7 Å². The molecule has 0 spiro atoms. The molecule has 3 nitrogen and oxygen atoms in total. The Hall–Kier alpha value is -2.11. The van der Waals surface area contributed by atoms with Gasteiger partial charge in [-0.25, -0.2) is 4.98 Å². The minimum atomic E-state index is -0.104. The molecule has 3 rings (SSSR count). The van der Waals surface area contributed by atoms with Crippen molar-refractivity contribution in [2.45, 2.75) is 11.1 Å². The first-order valence-electron chi connectivity index (χ1n) is 7.24. The number of benzene rings is 1. The van der Waals surface area contributed by atoms with Crippen LogP contribution in [0.4, 0.5) is 0 Å². The van der Waals surface area contributed by atoms with E-state index in [0.29, 0.717) is 5.75 Å². The Balaban J connectivity index is 1.68. The second-order valence-corrected chi connectivity index (χ2v) is 6.86. The third-order valence-electron chi connectivity index (χ3n) is 3.25. The second kappa shape index (κ2) is 7.94. The number of hydrogen-bond donors (Lipinski definition) is 1. The molecule has 23 heavy (non-hydrogen) atoms. The molecule has 0 fully saturated rings. The maximum Gasteiger partial charge on any atom is 0.231 e. The van der Waals surface area contributed by atoms with Gasteiger partial charge in [-0.1, -0.05) is 54.2 Å². The van der Waals surface area contributed by atoms with Crippen LogP contribution in [0.3, 0.4) is 0 Å². The average molecular weight is 340 g/mol. The van der Waals surface area contributed by atoms with Crippen molar-refractivity contribution in [3.63, 3.8) is 0 Å². The van der Waals surface area contributed by atoms with Crippen molar-refractivity contribution in [1.82, 2.24) is 10.3 Å². The van der Waals surface area contributed by atoms with Gasteiger partial charge < -0.3 is 5.32 Å². The summed E-state index contributed by atoms with van der Waals surface area (Å²) in [4.78, 5) is 17.7. The second-order valence-electron chi connectivity index (χ2n) is 4.88. The molecule has 0 aliphatic rings. The summed E-state index contributed by atoms with van der Waals surface area (Å²) < 4.78 is 0. The molecule has 0 aliphatic carbocycles. The highest BCUT2D eigenvalue weighted by Crippen LogP contribution is 2.26. The summed E-state index contributed by atoms with van der Waals surface area (Å²) in [6.45, 7) is 0. The number of pyridine rings is 1. The van der Waals surface area contributed by atoms with Crippen molar-refractivity contribution in [3.8, 4) is 0 Å². The first-order chi connectivity index (χ1) is 11.3. The highest BCUT2D eigenvalue weighted by molar-refractivity contribution is 7.99. The summed E-state index contributed by atoms with van der Waals surface area (Å²) in [6.07, 6.45) is 1.73. The fourth-order valence-corrected chi connectivity index (χ4v) is 3.67. The van der Waals surface area contributed by atoms with E-state index in [1.807, 2.05) is 60.0 Å². The predicted octanol–water partition coefficient (Wildman–Crippen LogP) is 4.14. The van der Waals surface area contributed by atoms with Crippen LogP contribution >= 0.6 is 23.1 Å². The fraction of sp³-hybridized carbons (Fsp3) is 0.111. The number of hydrogen-bond acceptors (Lipinski definition) is 4. The van der Waals surface area contributed by atoms with E-state index < -0.39 is 0 Å². The lowest BCUT2D eigenvalue weighted by molar-refractivity contribution is -0.119. The van der Waals surface area contributed by atoms with Gasteiger partial charge in [-0.15, -0.1) is 11.3 Å². The number of nitrogens with zero attached hydrogens (tertiary/aromatic N) is 1. The number of thioether (sulfide) groups is 1. The zero-order valence-electron chi connectivity index (χ0n) is 12.4. The van der Waals surface area contributed by atoms with E-state index >= 15 is 0 Å². The van der Waals surface area contributed by atoms with E-state index in [-0.39, 0.29) is 11.9 Å². The van der Waals surface area contributed by atoms with Crippen LogP contribution in [0.25, 0.3) is 0 Å². The van der Waals surface area contributed by atoms with Gasteiger partial charge >= 0.3 is 0 Å². The lowest BCUT2D eigenvalue weighted by atomic mass is 10.1. The zero-order valence-corrected chi connectivity index (χ0v) is 14.0. The van der Waals surface area contributed by atoms with Crippen LogP contribution in [-0.4, -0.2) is 16.6 Å². The predicted molar refractivity (Wildman–Crippen MR) is 95.7 cm³/mol. The van der Waals surface area contributed by atoms with Crippen molar-refractivity contribution >= 4 is 29.0 Å². The lowest BCUT2D eigenvalue weighted by Gasteiger charge is -2.18. The zero-order chi connectivity index (χ0) is 15.9. The van der Waals surface area contributed by atoms with Crippen LogP contribution in [0.1, 0.15) is 16.5 Å². The number of carbonyl (C=O) groups is 1. The summed E-state index contributed by atoms with van der Waals surface area (Å²) in [5, 5.41) is 6.01. The van der Waals surface area contributed by atoms with Gasteiger partial charge in [0.15, 0.2) is 0 Å². The molecule has 0 aliphatic heterocycles. The van der Waals surface area contributed by atoms with E-state index in [9.17, 15) is 4.79 Å². The van der Waals surface area contributed by atoms with Crippen LogP contribution in [0.2, 0.25) is 0 Å². The molecule has 1 atom stereocenters. The Labute approximate surface area is 143 Å². The Bertz CT molecular complexity index is 730. The van der Waals surface area contributed by atoms with Crippen LogP contribution < -0.4 is 5.32 Å². The van der Waals surface area contributed by atoms with Gasteiger partial charge in [0.1, 0.15) is 0 Å². The lowest BCUT2D eigenvalue weighted by Crippen LogP contribution is -2.30. The van der Waals surface area contributed by atoms with Gasteiger partial charge in [-0.05, 0) is 29.1 Å². The largest absolute Gasteiger partial charge is 0.344 e. The molecule has 0 saturated heterocycles. The van der Waals surface area contributed by atoms with E-state index in [2.05, 4.69) is 16.4 Å². The highest BCUT2D eigenvalue weighted by Gasteiger charge is 2.17. The van der Waals surface area contributed by atoms with Gasteiger partial charge in [0.05, 0.1) is 16.8 Å². The average Bonchev–Trinajstić information content (AvgIpc) is 3.14. The van der Waals surface area contributed by atoms with Crippen molar-refractivity contribution < 1.29 is 4.79 Å². The quantitative estimate of drug-likeness (QED) is 0.686. The Morgan fingerprint density at radius 3 is 2.61 bits per heavy atom. The molecule has 1 unspecified atom stereocenters. The summed E-state index contributed by atoms with van der Waals surface area (Å²) in [7, 11) is 0. The van der Waals surface area contributed by atoms with E-state index in [1.165, 1.54) is 11.8 Å². The number of amides is 1. The van der Waals surface area contributed by atoms with Crippen LogP contribution in [-0.2, 0) is 4.79 Å². The number of nitrogens with one attached hydrogen (secondary N) is 1. The maximum atomic E-state index is 12.3. The fourth-order valence-electron chi connectivity index (χ4n) is 2.19. The molecular weight excluding hydrogens is 324 g/mol. The van der Waals surface area contributed by atoms with Gasteiger partial charge in [0.25, 0.3) is 0 Å². The van der Waals surface area contributed by atoms with Crippen molar-refractivity contribution in [2.75, 3.05) is 5.75 Å². The summed E-state index contributed by atoms with van der Waals surface area (Å²) in [5.41, 5.74) is 1.09. The molecule has 0 radical (unpaired) electrons. The summed E-state index contributed by atoms with van der Waals surface area (Å²) in [5.74, 6) is 0.356. The Kier molecular flexibility index (Phi) is 5.45. The monoisotopic (exact) mass is 340 g/mol. The van der Waals surface area contributed by atoms with Gasteiger partial charge in [0.2, 0.25) is 5.91 Å². The molecule has 0 saturated carbocycles. The normalized spacial score (nSPS) is 11.8. The Morgan fingerprint density at radius 2 is 1.91 bits per heavy atom. The first-order valence-corrected chi connectivity index (χ1v) is 9.11. The minimum Gasteiger partial charge on any atom is -0.344 e. The molecule has 2 aromatic heterocycles. The summed E-state index contributed by atoms with van der Waals surface area (Å²) >= 11 is 3.09. The molecular formula is C18H16N2OS2. The molecule has 1 amide bonds.